The summed E-state index contributed by atoms with van der Waals surface area (Å²) < 4.78 is 18.8. The van der Waals surface area contributed by atoms with Crippen LogP contribution in [0.3, 0.4) is 0 Å². The number of amides is 1. The number of hydrogen-bond acceptors (Lipinski definition) is 3. The van der Waals surface area contributed by atoms with Gasteiger partial charge in [0.1, 0.15) is 11.6 Å². The van der Waals surface area contributed by atoms with Crippen LogP contribution >= 0.6 is 11.6 Å². The largest absolute Gasteiger partial charge is 0.494 e. The lowest BCUT2D eigenvalue weighted by molar-refractivity contribution is 0.102. The summed E-state index contributed by atoms with van der Waals surface area (Å²) in [7, 11) is 1.44. The van der Waals surface area contributed by atoms with Gasteiger partial charge >= 0.3 is 0 Å². The van der Waals surface area contributed by atoms with Gasteiger partial charge in [-0.1, -0.05) is 17.7 Å². The van der Waals surface area contributed by atoms with E-state index in [-0.39, 0.29) is 10.6 Å². The Morgan fingerprint density at radius 3 is 2.75 bits per heavy atom. The Labute approximate surface area is 120 Å². The van der Waals surface area contributed by atoms with Crippen LogP contribution in [0.4, 0.5) is 15.8 Å². The van der Waals surface area contributed by atoms with Gasteiger partial charge in [0.05, 0.1) is 23.4 Å². The van der Waals surface area contributed by atoms with Crippen molar-refractivity contribution < 1.29 is 13.9 Å². The Balaban J connectivity index is 2.33. The average molecular weight is 295 g/mol. The highest BCUT2D eigenvalue weighted by Crippen LogP contribution is 2.28. The summed E-state index contributed by atoms with van der Waals surface area (Å²) in [5.41, 5.74) is 6.27. The summed E-state index contributed by atoms with van der Waals surface area (Å²) in [5, 5.41) is 2.58. The van der Waals surface area contributed by atoms with E-state index in [1.54, 1.807) is 18.2 Å². The van der Waals surface area contributed by atoms with Gasteiger partial charge in [0, 0.05) is 11.8 Å². The van der Waals surface area contributed by atoms with Gasteiger partial charge < -0.3 is 15.8 Å². The summed E-state index contributed by atoms with van der Waals surface area (Å²) in [6.45, 7) is 0. The van der Waals surface area contributed by atoms with E-state index in [1.807, 2.05) is 0 Å². The quantitative estimate of drug-likeness (QED) is 0.854. The molecule has 1 amide bonds. The molecule has 20 heavy (non-hydrogen) atoms. The molecule has 0 unspecified atom stereocenters. The van der Waals surface area contributed by atoms with E-state index in [4.69, 9.17) is 22.1 Å². The summed E-state index contributed by atoms with van der Waals surface area (Å²) in [4.78, 5) is 12.1. The number of rotatable bonds is 3. The summed E-state index contributed by atoms with van der Waals surface area (Å²) in [6.07, 6.45) is 0. The van der Waals surface area contributed by atoms with Gasteiger partial charge in [-0.05, 0) is 24.3 Å². The predicted octanol–water partition coefficient (Wildman–Crippen LogP) is 3.32. The normalized spacial score (nSPS) is 10.2. The summed E-state index contributed by atoms with van der Waals surface area (Å²) in [5.74, 6) is -0.966. The number of ether oxygens (including phenoxy) is 1. The molecule has 0 fully saturated rings. The smallest absolute Gasteiger partial charge is 0.260 e. The van der Waals surface area contributed by atoms with Crippen molar-refractivity contribution in [2.75, 3.05) is 18.2 Å². The molecule has 0 saturated heterocycles. The van der Waals surface area contributed by atoms with E-state index in [9.17, 15) is 9.18 Å². The van der Waals surface area contributed by atoms with Crippen LogP contribution in [0.5, 0.6) is 5.75 Å². The molecule has 0 radical (unpaired) electrons. The number of benzene rings is 2. The van der Waals surface area contributed by atoms with Crippen LogP contribution in [0, 0.1) is 5.82 Å². The highest BCUT2D eigenvalue weighted by molar-refractivity contribution is 6.34. The number of halogens is 2. The fourth-order valence-corrected chi connectivity index (χ4v) is 1.96. The average Bonchev–Trinajstić information content (AvgIpc) is 2.40. The number of methoxy groups -OCH3 is 1. The van der Waals surface area contributed by atoms with E-state index < -0.39 is 11.7 Å². The summed E-state index contributed by atoms with van der Waals surface area (Å²) in [6, 6.07) is 8.76. The first-order valence-corrected chi connectivity index (χ1v) is 6.09. The van der Waals surface area contributed by atoms with Crippen molar-refractivity contribution in [1.82, 2.24) is 0 Å². The van der Waals surface area contributed by atoms with Gasteiger partial charge in [-0.2, -0.15) is 0 Å². The van der Waals surface area contributed by atoms with Gasteiger partial charge in [-0.3, -0.25) is 4.79 Å². The monoisotopic (exact) mass is 294 g/mol. The molecule has 2 aromatic rings. The molecule has 4 nitrogen and oxygen atoms in total. The highest BCUT2D eigenvalue weighted by atomic mass is 35.5. The number of nitrogen functional groups attached to an aromatic ring is 1. The molecule has 0 atom stereocenters. The third-order valence-electron chi connectivity index (χ3n) is 2.66. The van der Waals surface area contributed by atoms with Crippen molar-refractivity contribution >= 4 is 28.9 Å². The zero-order valence-electron chi connectivity index (χ0n) is 10.6. The van der Waals surface area contributed by atoms with Crippen LogP contribution < -0.4 is 15.8 Å². The maximum Gasteiger partial charge on any atom is 0.260 e. The van der Waals surface area contributed by atoms with Crippen molar-refractivity contribution in [3.8, 4) is 5.75 Å². The first kappa shape index (κ1) is 14.1. The van der Waals surface area contributed by atoms with Crippen LogP contribution in [0.2, 0.25) is 5.02 Å². The van der Waals surface area contributed by atoms with Crippen molar-refractivity contribution in [2.45, 2.75) is 0 Å². The standard InChI is InChI=1S/C14H12ClFN2O2/c1-20-12-7-8(17)5-6-11(12)18-14(19)13-9(15)3-2-4-10(13)16/h2-7H,17H2,1H3,(H,18,19). The molecule has 0 bridgehead atoms. The number of carbonyl (C=O) groups is 1. The molecule has 2 aromatic carbocycles. The van der Waals surface area contributed by atoms with Gasteiger partial charge in [0.25, 0.3) is 5.91 Å². The Hall–Kier alpha value is -2.27. The van der Waals surface area contributed by atoms with Crippen molar-refractivity contribution in [3.63, 3.8) is 0 Å². The van der Waals surface area contributed by atoms with Crippen LogP contribution in [-0.2, 0) is 0 Å². The Bertz CT molecular complexity index is 641. The molecule has 0 saturated carbocycles. The third-order valence-corrected chi connectivity index (χ3v) is 2.98. The van der Waals surface area contributed by atoms with Gasteiger partial charge in [-0.25, -0.2) is 4.39 Å². The molecule has 2 rings (SSSR count). The molecule has 0 heterocycles. The number of carbonyl (C=O) groups excluding carboxylic acids is 1. The molecule has 0 aromatic heterocycles. The van der Waals surface area contributed by atoms with E-state index in [0.717, 1.165) is 0 Å². The second kappa shape index (κ2) is 5.79. The topological polar surface area (TPSA) is 64.3 Å². The van der Waals surface area contributed by atoms with Crippen LogP contribution in [0.15, 0.2) is 36.4 Å². The van der Waals surface area contributed by atoms with Gasteiger partial charge in [0.15, 0.2) is 0 Å². The molecule has 6 heteroatoms. The minimum atomic E-state index is -0.690. The molecule has 104 valence electrons. The van der Waals surface area contributed by atoms with E-state index in [0.29, 0.717) is 17.1 Å². The molecular formula is C14H12ClFN2O2. The molecule has 0 aliphatic carbocycles. The summed E-state index contributed by atoms with van der Waals surface area (Å²) >= 11 is 5.84. The van der Waals surface area contributed by atoms with Gasteiger partial charge in [-0.15, -0.1) is 0 Å². The second-order valence-corrected chi connectivity index (χ2v) is 4.42. The maximum atomic E-state index is 13.7. The highest BCUT2D eigenvalue weighted by Gasteiger charge is 2.17. The van der Waals surface area contributed by atoms with Crippen LogP contribution in [-0.4, -0.2) is 13.0 Å². The molecule has 0 aliphatic rings. The van der Waals surface area contributed by atoms with E-state index in [1.165, 1.54) is 25.3 Å². The maximum absolute atomic E-state index is 13.7. The lowest BCUT2D eigenvalue weighted by atomic mass is 10.2. The van der Waals surface area contributed by atoms with E-state index in [2.05, 4.69) is 5.32 Å². The van der Waals surface area contributed by atoms with Gasteiger partial charge in [0.2, 0.25) is 0 Å². The SMILES string of the molecule is COc1cc(N)ccc1NC(=O)c1c(F)cccc1Cl. The van der Waals surface area contributed by atoms with Crippen molar-refractivity contribution in [2.24, 2.45) is 0 Å². The number of nitrogens with two attached hydrogens (primary N) is 1. The van der Waals surface area contributed by atoms with Crippen molar-refractivity contribution in [1.29, 1.82) is 0 Å². The number of hydrogen-bond donors (Lipinski definition) is 2. The zero-order valence-corrected chi connectivity index (χ0v) is 11.4. The predicted molar refractivity (Wildman–Crippen MR) is 76.8 cm³/mol. The lowest BCUT2D eigenvalue weighted by Gasteiger charge is -2.11. The van der Waals surface area contributed by atoms with Crippen LogP contribution in [0.25, 0.3) is 0 Å². The van der Waals surface area contributed by atoms with E-state index >= 15 is 0 Å². The number of anilines is 2. The van der Waals surface area contributed by atoms with Crippen molar-refractivity contribution in [3.05, 3.63) is 52.8 Å². The first-order chi connectivity index (χ1) is 9.52. The molecule has 0 aliphatic heterocycles. The Morgan fingerprint density at radius 1 is 1.35 bits per heavy atom. The second-order valence-electron chi connectivity index (χ2n) is 4.01. The minimum Gasteiger partial charge on any atom is -0.494 e. The Kier molecular flexibility index (Phi) is 4.10. The fourth-order valence-electron chi connectivity index (χ4n) is 1.71. The zero-order chi connectivity index (χ0) is 14.7. The Morgan fingerprint density at radius 2 is 2.10 bits per heavy atom. The molecule has 0 spiro atoms. The molecule has 3 N–H and O–H groups in total. The first-order valence-electron chi connectivity index (χ1n) is 5.72. The fraction of sp³-hybridized carbons (Fsp3) is 0.0714. The molecular weight excluding hydrogens is 283 g/mol. The third kappa shape index (κ3) is 2.83. The lowest BCUT2D eigenvalue weighted by Crippen LogP contribution is -2.15. The minimum absolute atomic E-state index is 0.0388. The van der Waals surface area contributed by atoms with Crippen LogP contribution in [0.1, 0.15) is 10.4 Å². The number of nitrogens with one attached hydrogen (secondary N) is 1.